The molecule has 1 fully saturated rings. The highest BCUT2D eigenvalue weighted by atomic mass is 16.5. The zero-order chi connectivity index (χ0) is 33.5. The molecule has 0 saturated carbocycles. The number of aliphatic imine (C=N–C) groups is 1. The van der Waals surface area contributed by atoms with Gasteiger partial charge in [-0.25, -0.2) is 0 Å². The minimum atomic E-state index is -0.516. The molecule has 0 unspecified atom stereocenters. The monoisotopic (exact) mass is 647 g/mol. The van der Waals surface area contributed by atoms with Crippen molar-refractivity contribution in [3.05, 3.63) is 17.7 Å². The molecule has 0 spiro atoms. The summed E-state index contributed by atoms with van der Waals surface area (Å²) >= 11 is 0. The maximum Gasteiger partial charge on any atom is 0.320 e. The standard InChI is InChI=1S/C31H45N5O10/c1-5-43-28(38)19-34(12-13-35(20-29(39)44-6-2)21-30(40)45-7-3)18-27(37)32-10-14-46-26-16-24-23(15-25(26)42-4)31(41)36-11-8-9-22(36)17-33-24/h15-17,22H,5-14,18-21H2,1-4H3,(H,32,37)/t22-/m0/s1. The number of esters is 3. The first-order valence-electron chi connectivity index (χ1n) is 15.6. The second-order valence-electron chi connectivity index (χ2n) is 10.5. The fraction of sp³-hybridized carbons (Fsp3) is 0.613. The van der Waals surface area contributed by atoms with Crippen molar-refractivity contribution in [1.29, 1.82) is 0 Å². The van der Waals surface area contributed by atoms with E-state index in [-0.39, 0.29) is 90.1 Å². The topological polar surface area (TPSA) is 166 Å². The van der Waals surface area contributed by atoms with Gasteiger partial charge in [0.1, 0.15) is 6.61 Å². The van der Waals surface area contributed by atoms with Gasteiger partial charge in [-0.3, -0.25) is 38.8 Å². The Kier molecular flexibility index (Phi) is 14.7. The largest absolute Gasteiger partial charge is 0.493 e. The van der Waals surface area contributed by atoms with Gasteiger partial charge in [0.05, 0.1) is 76.9 Å². The third-order valence-corrected chi connectivity index (χ3v) is 7.21. The Balaban J connectivity index is 1.57. The van der Waals surface area contributed by atoms with Crippen molar-refractivity contribution >= 4 is 41.6 Å². The summed E-state index contributed by atoms with van der Waals surface area (Å²) in [6.45, 7) is 6.24. The molecule has 2 heterocycles. The van der Waals surface area contributed by atoms with Crippen molar-refractivity contribution < 1.29 is 47.7 Å². The van der Waals surface area contributed by atoms with Gasteiger partial charge < -0.3 is 33.9 Å². The Morgan fingerprint density at radius 1 is 0.891 bits per heavy atom. The lowest BCUT2D eigenvalue weighted by Gasteiger charge is -2.25. The smallest absolute Gasteiger partial charge is 0.320 e. The van der Waals surface area contributed by atoms with Crippen LogP contribution in [0.3, 0.4) is 0 Å². The van der Waals surface area contributed by atoms with Crippen LogP contribution in [0.2, 0.25) is 0 Å². The summed E-state index contributed by atoms with van der Waals surface area (Å²) < 4.78 is 26.4. The summed E-state index contributed by atoms with van der Waals surface area (Å²) in [5.74, 6) is -1.24. The SMILES string of the molecule is CCOC(=O)CN(CCN(CC(=O)OCC)CC(=O)OCC)CC(=O)NCCOc1cc2c(cc1OC)C(=O)N1CCC[C@H]1C=N2. The summed E-state index contributed by atoms with van der Waals surface area (Å²) in [6, 6.07) is 3.27. The van der Waals surface area contributed by atoms with Crippen LogP contribution >= 0.6 is 0 Å². The first kappa shape index (κ1) is 36.2. The third kappa shape index (κ3) is 11.0. The van der Waals surface area contributed by atoms with Crippen LogP contribution in [-0.2, 0) is 33.4 Å². The number of carbonyl (C=O) groups is 5. The van der Waals surface area contributed by atoms with E-state index in [1.807, 2.05) is 4.90 Å². The van der Waals surface area contributed by atoms with Crippen molar-refractivity contribution in [1.82, 2.24) is 20.0 Å². The molecule has 15 heteroatoms. The molecule has 0 bridgehead atoms. The van der Waals surface area contributed by atoms with Crippen molar-refractivity contribution in [2.45, 2.75) is 39.7 Å². The number of methoxy groups -OCH3 is 1. The van der Waals surface area contributed by atoms with E-state index < -0.39 is 17.9 Å². The molecule has 1 N–H and O–H groups in total. The Bertz CT molecular complexity index is 1240. The van der Waals surface area contributed by atoms with Crippen LogP contribution in [0.15, 0.2) is 17.1 Å². The van der Waals surface area contributed by atoms with E-state index in [9.17, 15) is 24.0 Å². The fourth-order valence-corrected chi connectivity index (χ4v) is 5.11. The van der Waals surface area contributed by atoms with E-state index in [2.05, 4.69) is 10.3 Å². The van der Waals surface area contributed by atoms with E-state index in [1.165, 1.54) is 12.0 Å². The molecule has 0 aromatic heterocycles. The molecule has 2 aliphatic rings. The van der Waals surface area contributed by atoms with Gasteiger partial charge in [0.15, 0.2) is 11.5 Å². The number of fused-ring (bicyclic) bond motifs is 2. The summed E-state index contributed by atoms with van der Waals surface area (Å²) in [6.07, 6.45) is 3.61. The van der Waals surface area contributed by atoms with Crippen LogP contribution in [0.4, 0.5) is 5.69 Å². The average Bonchev–Trinajstić information content (AvgIpc) is 3.45. The van der Waals surface area contributed by atoms with Gasteiger partial charge in [0.25, 0.3) is 5.91 Å². The number of amides is 2. The highest BCUT2D eigenvalue weighted by molar-refractivity contribution is 6.03. The molecule has 2 amide bonds. The first-order chi connectivity index (χ1) is 22.2. The van der Waals surface area contributed by atoms with Gasteiger partial charge in [0.2, 0.25) is 5.91 Å². The number of rotatable bonds is 19. The molecule has 1 aromatic rings. The van der Waals surface area contributed by atoms with Gasteiger partial charge >= 0.3 is 17.9 Å². The van der Waals surface area contributed by atoms with E-state index in [1.54, 1.807) is 44.0 Å². The molecule has 1 aromatic carbocycles. The number of benzene rings is 1. The summed E-state index contributed by atoms with van der Waals surface area (Å²) in [5, 5.41) is 2.77. The van der Waals surface area contributed by atoms with Crippen LogP contribution in [0, 0.1) is 0 Å². The zero-order valence-electron chi connectivity index (χ0n) is 27.1. The Morgan fingerprint density at radius 3 is 2.04 bits per heavy atom. The maximum absolute atomic E-state index is 13.1. The molecule has 46 heavy (non-hydrogen) atoms. The first-order valence-corrected chi connectivity index (χ1v) is 15.6. The number of carbonyl (C=O) groups excluding carboxylic acids is 5. The lowest BCUT2D eigenvalue weighted by Crippen LogP contribution is -2.46. The molecule has 1 saturated heterocycles. The normalized spacial score (nSPS) is 15.2. The van der Waals surface area contributed by atoms with E-state index in [0.29, 0.717) is 29.3 Å². The van der Waals surface area contributed by atoms with Gasteiger partial charge in [-0.05, 0) is 39.7 Å². The van der Waals surface area contributed by atoms with Crippen LogP contribution in [0.5, 0.6) is 11.5 Å². The van der Waals surface area contributed by atoms with Crippen molar-refractivity contribution in [3.8, 4) is 11.5 Å². The van der Waals surface area contributed by atoms with Crippen LogP contribution in [-0.4, -0.2) is 143 Å². The van der Waals surface area contributed by atoms with Crippen LogP contribution in [0.25, 0.3) is 0 Å². The number of nitrogens with one attached hydrogen (secondary N) is 1. The lowest BCUT2D eigenvalue weighted by molar-refractivity contribution is -0.149. The lowest BCUT2D eigenvalue weighted by atomic mass is 10.1. The zero-order valence-corrected chi connectivity index (χ0v) is 27.1. The molecule has 0 radical (unpaired) electrons. The fourth-order valence-electron chi connectivity index (χ4n) is 5.11. The van der Waals surface area contributed by atoms with E-state index in [0.717, 1.165) is 12.8 Å². The molecular formula is C31H45N5O10. The highest BCUT2D eigenvalue weighted by Crippen LogP contribution is 2.38. The number of ether oxygens (including phenoxy) is 5. The average molecular weight is 648 g/mol. The van der Waals surface area contributed by atoms with Crippen molar-refractivity contribution in [2.24, 2.45) is 4.99 Å². The Labute approximate surface area is 269 Å². The molecule has 15 nitrogen and oxygen atoms in total. The molecule has 254 valence electrons. The summed E-state index contributed by atoms with van der Waals surface area (Å²) in [4.78, 5) is 71.8. The number of hydrogen-bond donors (Lipinski definition) is 1. The molecular weight excluding hydrogens is 602 g/mol. The maximum atomic E-state index is 13.1. The quantitative estimate of drug-likeness (QED) is 0.128. The van der Waals surface area contributed by atoms with Crippen LogP contribution in [0.1, 0.15) is 44.0 Å². The van der Waals surface area contributed by atoms with Crippen molar-refractivity contribution in [3.63, 3.8) is 0 Å². The van der Waals surface area contributed by atoms with Gasteiger partial charge in [-0.1, -0.05) is 0 Å². The predicted molar refractivity (Wildman–Crippen MR) is 166 cm³/mol. The molecule has 3 rings (SSSR count). The highest BCUT2D eigenvalue weighted by Gasteiger charge is 2.32. The molecule has 0 aliphatic carbocycles. The van der Waals surface area contributed by atoms with E-state index >= 15 is 0 Å². The third-order valence-electron chi connectivity index (χ3n) is 7.21. The summed E-state index contributed by atoms with van der Waals surface area (Å²) in [5.41, 5.74) is 0.941. The second kappa shape index (κ2) is 18.7. The van der Waals surface area contributed by atoms with Gasteiger partial charge in [-0.2, -0.15) is 0 Å². The Morgan fingerprint density at radius 2 is 1.48 bits per heavy atom. The Hall–Kier alpha value is -4.24. The van der Waals surface area contributed by atoms with E-state index in [4.69, 9.17) is 23.7 Å². The minimum Gasteiger partial charge on any atom is -0.493 e. The van der Waals surface area contributed by atoms with Gasteiger partial charge in [0, 0.05) is 31.9 Å². The summed E-state index contributed by atoms with van der Waals surface area (Å²) in [7, 11) is 1.48. The molecule has 1 atom stereocenters. The van der Waals surface area contributed by atoms with Crippen LogP contribution < -0.4 is 14.8 Å². The number of hydrogen-bond acceptors (Lipinski definition) is 13. The number of nitrogens with zero attached hydrogens (tertiary/aromatic N) is 4. The van der Waals surface area contributed by atoms with Crippen molar-refractivity contribution in [2.75, 3.05) is 85.9 Å². The molecule has 2 aliphatic heterocycles. The minimum absolute atomic E-state index is 0.0212. The van der Waals surface area contributed by atoms with Gasteiger partial charge in [-0.15, -0.1) is 0 Å². The predicted octanol–water partition coefficient (Wildman–Crippen LogP) is 0.804. The second-order valence-corrected chi connectivity index (χ2v) is 10.5.